The number of nitrogens with two attached hydrogens (primary N) is 1. The minimum Gasteiger partial charge on any atom is -0.319 e. The van der Waals surface area contributed by atoms with Crippen molar-refractivity contribution in [1.82, 2.24) is 4.57 Å². The van der Waals surface area contributed by atoms with Gasteiger partial charge in [-0.25, -0.2) is 0 Å². The summed E-state index contributed by atoms with van der Waals surface area (Å²) >= 11 is 1.59. The first-order valence-corrected chi connectivity index (χ1v) is 7.87. The van der Waals surface area contributed by atoms with Gasteiger partial charge in [0, 0.05) is 22.2 Å². The van der Waals surface area contributed by atoms with Crippen molar-refractivity contribution >= 4 is 11.3 Å². The second-order valence-corrected chi connectivity index (χ2v) is 6.29. The smallest absolute Gasteiger partial charge is 0.256 e. The minimum absolute atomic E-state index is 0.0535. The molecule has 2 N–H and O–H groups in total. The van der Waals surface area contributed by atoms with E-state index in [9.17, 15) is 4.79 Å². The zero-order valence-corrected chi connectivity index (χ0v) is 13.3. The summed E-state index contributed by atoms with van der Waals surface area (Å²) in [5, 5.41) is 1.99. The largest absolute Gasteiger partial charge is 0.319 e. The van der Waals surface area contributed by atoms with Crippen LogP contribution in [0.25, 0.3) is 0 Å². The van der Waals surface area contributed by atoms with Crippen molar-refractivity contribution in [3.8, 4) is 0 Å². The first-order valence-electron chi connectivity index (χ1n) is 6.99. The van der Waals surface area contributed by atoms with E-state index in [-0.39, 0.29) is 17.6 Å². The number of hydrogen-bond acceptors (Lipinski definition) is 3. The fourth-order valence-electron chi connectivity index (χ4n) is 2.64. The van der Waals surface area contributed by atoms with Crippen LogP contribution in [0.2, 0.25) is 0 Å². The van der Waals surface area contributed by atoms with Crippen LogP contribution in [0.1, 0.15) is 54.0 Å². The molecule has 2 heterocycles. The zero-order chi connectivity index (χ0) is 14.9. The summed E-state index contributed by atoms with van der Waals surface area (Å²) in [5.41, 5.74) is 9.08. The second-order valence-electron chi connectivity index (χ2n) is 5.31. The Labute approximate surface area is 124 Å². The van der Waals surface area contributed by atoms with Crippen molar-refractivity contribution in [2.24, 2.45) is 5.73 Å². The molecule has 0 spiro atoms. The van der Waals surface area contributed by atoms with E-state index in [4.69, 9.17) is 5.73 Å². The molecule has 3 nitrogen and oxygen atoms in total. The molecule has 0 fully saturated rings. The van der Waals surface area contributed by atoms with E-state index in [2.05, 4.69) is 19.9 Å². The van der Waals surface area contributed by atoms with Crippen LogP contribution >= 0.6 is 11.3 Å². The molecule has 0 aliphatic heterocycles. The van der Waals surface area contributed by atoms with Crippen molar-refractivity contribution in [3.63, 3.8) is 0 Å². The third kappa shape index (κ3) is 2.58. The molecule has 0 saturated carbocycles. The first kappa shape index (κ1) is 15.0. The molecule has 2 atom stereocenters. The van der Waals surface area contributed by atoms with Gasteiger partial charge >= 0.3 is 0 Å². The summed E-state index contributed by atoms with van der Waals surface area (Å²) in [4.78, 5) is 13.9. The Balaban J connectivity index is 2.62. The van der Waals surface area contributed by atoms with Gasteiger partial charge in [0.2, 0.25) is 0 Å². The molecule has 0 aromatic carbocycles. The lowest BCUT2D eigenvalue weighted by molar-refractivity contribution is 0.497. The SMILES string of the molecule is CCC(C)n1c(C)cc(C)c(C(N)c2cccs2)c1=O. The molecule has 0 aliphatic rings. The van der Waals surface area contributed by atoms with Crippen LogP contribution < -0.4 is 11.3 Å². The van der Waals surface area contributed by atoms with E-state index >= 15 is 0 Å². The lowest BCUT2D eigenvalue weighted by atomic mass is 10.0. The molecule has 0 radical (unpaired) electrons. The zero-order valence-electron chi connectivity index (χ0n) is 12.5. The lowest BCUT2D eigenvalue weighted by Gasteiger charge is -2.21. The van der Waals surface area contributed by atoms with Crippen LogP contribution in [-0.2, 0) is 0 Å². The highest BCUT2D eigenvalue weighted by molar-refractivity contribution is 7.10. The quantitative estimate of drug-likeness (QED) is 0.936. The van der Waals surface area contributed by atoms with Gasteiger partial charge in [0.25, 0.3) is 5.56 Å². The van der Waals surface area contributed by atoms with Gasteiger partial charge in [-0.3, -0.25) is 4.79 Å². The van der Waals surface area contributed by atoms with Gasteiger partial charge in [-0.2, -0.15) is 0 Å². The fourth-order valence-corrected chi connectivity index (χ4v) is 3.37. The van der Waals surface area contributed by atoms with Crippen LogP contribution in [0.3, 0.4) is 0 Å². The van der Waals surface area contributed by atoms with E-state index in [1.54, 1.807) is 11.3 Å². The van der Waals surface area contributed by atoms with Crippen molar-refractivity contribution in [1.29, 1.82) is 0 Å². The Kier molecular flexibility index (Phi) is 4.45. The molecule has 4 heteroatoms. The molecule has 2 aromatic rings. The Bertz CT molecular complexity index is 643. The molecule has 2 unspecified atom stereocenters. The molecule has 0 bridgehead atoms. The van der Waals surface area contributed by atoms with Crippen molar-refractivity contribution < 1.29 is 0 Å². The fraction of sp³-hybridized carbons (Fsp3) is 0.438. The Morgan fingerprint density at radius 1 is 1.40 bits per heavy atom. The molecule has 2 rings (SSSR count). The number of thiophene rings is 1. The van der Waals surface area contributed by atoms with Gasteiger partial charge in [0.15, 0.2) is 0 Å². The number of rotatable bonds is 4. The van der Waals surface area contributed by atoms with Crippen molar-refractivity contribution in [2.75, 3.05) is 0 Å². The predicted octanol–water partition coefficient (Wildman–Crippen LogP) is 3.55. The Hall–Kier alpha value is -1.39. The molecular weight excluding hydrogens is 268 g/mol. The highest BCUT2D eigenvalue weighted by Gasteiger charge is 2.20. The average molecular weight is 290 g/mol. The van der Waals surface area contributed by atoms with Crippen LogP contribution in [0.4, 0.5) is 0 Å². The monoisotopic (exact) mass is 290 g/mol. The van der Waals surface area contributed by atoms with E-state index in [0.29, 0.717) is 0 Å². The molecule has 108 valence electrons. The van der Waals surface area contributed by atoms with Gasteiger partial charge < -0.3 is 10.3 Å². The van der Waals surface area contributed by atoms with Gasteiger partial charge in [-0.15, -0.1) is 11.3 Å². The molecule has 2 aromatic heterocycles. The van der Waals surface area contributed by atoms with Crippen LogP contribution in [-0.4, -0.2) is 4.57 Å². The van der Waals surface area contributed by atoms with Crippen molar-refractivity contribution in [3.05, 3.63) is 55.6 Å². The van der Waals surface area contributed by atoms with Crippen molar-refractivity contribution in [2.45, 2.75) is 46.2 Å². The third-order valence-corrected chi connectivity index (χ3v) is 4.83. The maximum absolute atomic E-state index is 12.8. The van der Waals surface area contributed by atoms with E-state index in [0.717, 1.165) is 28.1 Å². The van der Waals surface area contributed by atoms with Gasteiger partial charge in [0.1, 0.15) is 0 Å². The second kappa shape index (κ2) is 5.94. The topological polar surface area (TPSA) is 48.0 Å². The van der Waals surface area contributed by atoms with Gasteiger partial charge in [-0.05, 0) is 50.3 Å². The summed E-state index contributed by atoms with van der Waals surface area (Å²) in [6.07, 6.45) is 0.928. The third-order valence-electron chi connectivity index (χ3n) is 3.87. The summed E-state index contributed by atoms with van der Waals surface area (Å²) in [6.45, 7) is 8.12. The number of pyridine rings is 1. The van der Waals surface area contributed by atoms with Gasteiger partial charge in [-0.1, -0.05) is 13.0 Å². The van der Waals surface area contributed by atoms with E-state index in [1.807, 2.05) is 35.9 Å². The number of aryl methyl sites for hydroxylation is 2. The first-order chi connectivity index (χ1) is 9.47. The molecule has 0 saturated heterocycles. The minimum atomic E-state index is -0.335. The Morgan fingerprint density at radius 2 is 2.10 bits per heavy atom. The van der Waals surface area contributed by atoms with Crippen LogP contribution in [0, 0.1) is 13.8 Å². The van der Waals surface area contributed by atoms with E-state index in [1.165, 1.54) is 0 Å². The maximum atomic E-state index is 12.8. The molecule has 0 aliphatic carbocycles. The highest BCUT2D eigenvalue weighted by Crippen LogP contribution is 2.25. The maximum Gasteiger partial charge on any atom is 0.256 e. The summed E-state index contributed by atoms with van der Waals surface area (Å²) in [6, 6.07) is 5.88. The van der Waals surface area contributed by atoms with E-state index < -0.39 is 0 Å². The highest BCUT2D eigenvalue weighted by atomic mass is 32.1. The van der Waals surface area contributed by atoms with Gasteiger partial charge in [0.05, 0.1) is 6.04 Å². The lowest BCUT2D eigenvalue weighted by Crippen LogP contribution is -2.32. The number of nitrogens with zero attached hydrogens (tertiary/aromatic N) is 1. The Morgan fingerprint density at radius 3 is 2.65 bits per heavy atom. The summed E-state index contributed by atoms with van der Waals surface area (Å²) < 4.78 is 1.87. The summed E-state index contributed by atoms with van der Waals surface area (Å²) in [7, 11) is 0. The average Bonchev–Trinajstić information content (AvgIpc) is 2.91. The molecule has 20 heavy (non-hydrogen) atoms. The number of hydrogen-bond donors (Lipinski definition) is 1. The van der Waals surface area contributed by atoms with Crippen LogP contribution in [0.5, 0.6) is 0 Å². The molecule has 0 amide bonds. The normalized spacial score (nSPS) is 14.2. The predicted molar refractivity (Wildman–Crippen MR) is 85.5 cm³/mol. The molecular formula is C16H22N2OS. The number of aromatic nitrogens is 1. The van der Waals surface area contributed by atoms with Crippen LogP contribution in [0.15, 0.2) is 28.4 Å². The summed E-state index contributed by atoms with van der Waals surface area (Å²) in [5.74, 6) is 0. The standard InChI is InChI=1S/C16H22N2OS/c1-5-11(3)18-12(4)9-10(2)14(16(18)19)15(17)13-7-6-8-20-13/h6-9,11,15H,5,17H2,1-4H3.